The van der Waals surface area contributed by atoms with E-state index in [1.165, 1.54) is 0 Å². The van der Waals surface area contributed by atoms with E-state index in [9.17, 15) is 4.79 Å². The van der Waals surface area contributed by atoms with Crippen LogP contribution in [-0.4, -0.2) is 38.2 Å². The third kappa shape index (κ3) is 4.37. The molecule has 132 valence electrons. The van der Waals surface area contributed by atoms with Gasteiger partial charge in [-0.3, -0.25) is 9.78 Å². The van der Waals surface area contributed by atoms with E-state index in [1.54, 1.807) is 6.20 Å². The van der Waals surface area contributed by atoms with Crippen LogP contribution >= 0.6 is 0 Å². The lowest BCUT2D eigenvalue weighted by Crippen LogP contribution is -2.36. The summed E-state index contributed by atoms with van der Waals surface area (Å²) in [6, 6.07) is 11.6. The van der Waals surface area contributed by atoms with Crippen LogP contribution in [0.3, 0.4) is 0 Å². The number of aromatic nitrogens is 1. The molecule has 0 spiro atoms. The van der Waals surface area contributed by atoms with Gasteiger partial charge in [0.25, 0.3) is 5.91 Å². The Morgan fingerprint density at radius 3 is 2.52 bits per heavy atom. The molecule has 2 heterocycles. The smallest absolute Gasteiger partial charge is 0.251 e. The number of carbonyl (C=O) groups is 1. The van der Waals surface area contributed by atoms with Gasteiger partial charge in [0.15, 0.2) is 0 Å². The standard InChI is InChI=1S/C20H25N3O2/c1-23(2)18-7-5-16(6-8-18)20(24)22-19(15-9-12-25-13-10-15)17-4-3-11-21-14-17/h3-8,11,14-15,19H,9-10,12-13H2,1-2H3,(H,22,24). The first-order chi connectivity index (χ1) is 12.1. The van der Waals surface area contributed by atoms with E-state index < -0.39 is 0 Å². The zero-order valence-corrected chi connectivity index (χ0v) is 14.8. The van der Waals surface area contributed by atoms with E-state index in [0.717, 1.165) is 37.3 Å². The summed E-state index contributed by atoms with van der Waals surface area (Å²) in [6.07, 6.45) is 5.49. The van der Waals surface area contributed by atoms with Gasteiger partial charge in [0.1, 0.15) is 0 Å². The molecule has 2 aromatic rings. The topological polar surface area (TPSA) is 54.5 Å². The number of benzene rings is 1. The number of hydrogen-bond donors (Lipinski definition) is 1. The maximum Gasteiger partial charge on any atom is 0.251 e. The lowest BCUT2D eigenvalue weighted by atomic mass is 9.87. The van der Waals surface area contributed by atoms with Crippen molar-refractivity contribution in [2.75, 3.05) is 32.2 Å². The molecule has 5 heteroatoms. The summed E-state index contributed by atoms with van der Waals surface area (Å²) in [5, 5.41) is 3.22. The Labute approximate surface area is 149 Å². The van der Waals surface area contributed by atoms with Crippen molar-refractivity contribution in [3.05, 3.63) is 59.9 Å². The van der Waals surface area contributed by atoms with Gasteiger partial charge in [-0.15, -0.1) is 0 Å². The molecule has 1 unspecified atom stereocenters. The minimum Gasteiger partial charge on any atom is -0.381 e. The van der Waals surface area contributed by atoms with Crippen molar-refractivity contribution in [1.82, 2.24) is 10.3 Å². The first kappa shape index (κ1) is 17.4. The summed E-state index contributed by atoms with van der Waals surface area (Å²) < 4.78 is 5.48. The second-order valence-corrected chi connectivity index (χ2v) is 6.63. The Kier molecular flexibility index (Phi) is 5.66. The molecular weight excluding hydrogens is 314 g/mol. The van der Waals surface area contributed by atoms with Crippen molar-refractivity contribution in [2.24, 2.45) is 5.92 Å². The second kappa shape index (κ2) is 8.12. The molecular formula is C20H25N3O2. The van der Waals surface area contributed by atoms with Gasteiger partial charge in [-0.1, -0.05) is 6.07 Å². The largest absolute Gasteiger partial charge is 0.381 e. The molecule has 1 N–H and O–H groups in total. The average molecular weight is 339 g/mol. The van der Waals surface area contributed by atoms with Gasteiger partial charge in [-0.2, -0.15) is 0 Å². The molecule has 0 radical (unpaired) electrons. The Balaban J connectivity index is 1.78. The molecule has 1 aliphatic rings. The van der Waals surface area contributed by atoms with Crippen LogP contribution in [0.1, 0.15) is 34.8 Å². The van der Waals surface area contributed by atoms with Crippen LogP contribution in [-0.2, 0) is 4.74 Å². The quantitative estimate of drug-likeness (QED) is 0.910. The van der Waals surface area contributed by atoms with E-state index in [0.29, 0.717) is 11.5 Å². The highest BCUT2D eigenvalue weighted by Crippen LogP contribution is 2.30. The van der Waals surface area contributed by atoms with Crippen molar-refractivity contribution in [3.8, 4) is 0 Å². The maximum absolute atomic E-state index is 12.8. The van der Waals surface area contributed by atoms with Gasteiger partial charge in [-0.25, -0.2) is 0 Å². The Morgan fingerprint density at radius 2 is 1.92 bits per heavy atom. The van der Waals surface area contributed by atoms with E-state index >= 15 is 0 Å². The fourth-order valence-corrected chi connectivity index (χ4v) is 3.22. The predicted octanol–water partition coefficient (Wildman–Crippen LogP) is 3.05. The monoisotopic (exact) mass is 339 g/mol. The third-order valence-corrected chi connectivity index (χ3v) is 4.71. The number of amides is 1. The molecule has 1 fully saturated rings. The van der Waals surface area contributed by atoms with Crippen LogP contribution in [0.4, 0.5) is 5.69 Å². The van der Waals surface area contributed by atoms with E-state index in [2.05, 4.69) is 10.3 Å². The first-order valence-electron chi connectivity index (χ1n) is 8.71. The fourth-order valence-electron chi connectivity index (χ4n) is 3.22. The molecule has 25 heavy (non-hydrogen) atoms. The number of rotatable bonds is 5. The van der Waals surface area contributed by atoms with Crippen molar-refractivity contribution < 1.29 is 9.53 Å². The number of ether oxygens (including phenoxy) is 1. The molecule has 5 nitrogen and oxygen atoms in total. The number of nitrogens with one attached hydrogen (secondary N) is 1. The summed E-state index contributed by atoms with van der Waals surface area (Å²) in [4.78, 5) is 19.0. The Bertz CT molecular complexity index is 680. The zero-order chi connectivity index (χ0) is 17.6. The van der Waals surface area contributed by atoms with Gasteiger partial charge in [0, 0.05) is 51.0 Å². The number of anilines is 1. The molecule has 0 saturated carbocycles. The third-order valence-electron chi connectivity index (χ3n) is 4.71. The van der Waals surface area contributed by atoms with Crippen LogP contribution in [0.15, 0.2) is 48.8 Å². The zero-order valence-electron chi connectivity index (χ0n) is 14.8. The lowest BCUT2D eigenvalue weighted by Gasteiger charge is -2.31. The molecule has 1 saturated heterocycles. The highest BCUT2D eigenvalue weighted by Gasteiger charge is 2.27. The van der Waals surface area contributed by atoms with Gasteiger partial charge in [-0.05, 0) is 54.7 Å². The normalized spacial score (nSPS) is 16.2. The number of pyridine rings is 1. The molecule has 1 aromatic carbocycles. The summed E-state index contributed by atoms with van der Waals surface area (Å²) >= 11 is 0. The Morgan fingerprint density at radius 1 is 1.20 bits per heavy atom. The average Bonchev–Trinajstić information content (AvgIpc) is 2.67. The van der Waals surface area contributed by atoms with E-state index in [-0.39, 0.29) is 11.9 Å². The van der Waals surface area contributed by atoms with Crippen molar-refractivity contribution in [2.45, 2.75) is 18.9 Å². The summed E-state index contributed by atoms with van der Waals surface area (Å²) in [5.41, 5.74) is 2.80. The molecule has 1 aromatic heterocycles. The molecule has 1 atom stereocenters. The molecule has 0 aliphatic carbocycles. The summed E-state index contributed by atoms with van der Waals surface area (Å²) in [6.45, 7) is 1.49. The number of hydrogen-bond acceptors (Lipinski definition) is 4. The molecule has 3 rings (SSSR count). The van der Waals surface area contributed by atoms with Gasteiger partial charge in [0.2, 0.25) is 0 Å². The molecule has 1 amide bonds. The van der Waals surface area contributed by atoms with Crippen molar-refractivity contribution >= 4 is 11.6 Å². The van der Waals surface area contributed by atoms with Crippen LogP contribution in [0.25, 0.3) is 0 Å². The van der Waals surface area contributed by atoms with E-state index in [4.69, 9.17) is 4.74 Å². The SMILES string of the molecule is CN(C)c1ccc(C(=O)NC(c2cccnc2)C2CCOCC2)cc1. The predicted molar refractivity (Wildman–Crippen MR) is 98.8 cm³/mol. The fraction of sp³-hybridized carbons (Fsp3) is 0.400. The van der Waals surface area contributed by atoms with Gasteiger partial charge >= 0.3 is 0 Å². The maximum atomic E-state index is 12.8. The lowest BCUT2D eigenvalue weighted by molar-refractivity contribution is 0.0513. The number of carbonyl (C=O) groups excluding carboxylic acids is 1. The molecule has 0 bridgehead atoms. The van der Waals surface area contributed by atoms with E-state index in [1.807, 2.05) is 61.6 Å². The highest BCUT2D eigenvalue weighted by atomic mass is 16.5. The summed E-state index contributed by atoms with van der Waals surface area (Å²) in [5.74, 6) is 0.314. The van der Waals surface area contributed by atoms with Crippen LogP contribution in [0.2, 0.25) is 0 Å². The minimum absolute atomic E-state index is 0.0429. The Hall–Kier alpha value is -2.40. The van der Waals surface area contributed by atoms with Crippen molar-refractivity contribution in [1.29, 1.82) is 0 Å². The van der Waals surface area contributed by atoms with Crippen LogP contribution in [0, 0.1) is 5.92 Å². The van der Waals surface area contributed by atoms with Crippen LogP contribution < -0.4 is 10.2 Å². The van der Waals surface area contributed by atoms with Gasteiger partial charge < -0.3 is 15.0 Å². The second-order valence-electron chi connectivity index (χ2n) is 6.63. The highest BCUT2D eigenvalue weighted by molar-refractivity contribution is 5.94. The van der Waals surface area contributed by atoms with Crippen molar-refractivity contribution in [3.63, 3.8) is 0 Å². The number of nitrogens with zero attached hydrogens (tertiary/aromatic N) is 2. The first-order valence-corrected chi connectivity index (χ1v) is 8.71. The molecule has 1 aliphatic heterocycles. The summed E-state index contributed by atoms with van der Waals surface area (Å²) in [7, 11) is 3.97. The minimum atomic E-state index is -0.0503. The van der Waals surface area contributed by atoms with Crippen LogP contribution in [0.5, 0.6) is 0 Å². The van der Waals surface area contributed by atoms with Gasteiger partial charge in [0.05, 0.1) is 6.04 Å².